The zero-order valence-electron chi connectivity index (χ0n) is 16.0. The Morgan fingerprint density at radius 2 is 1.90 bits per heavy atom. The lowest BCUT2D eigenvalue weighted by Crippen LogP contribution is -2.48. The van der Waals surface area contributed by atoms with Gasteiger partial charge in [0.25, 0.3) is 12.3 Å². The molecule has 3 heterocycles. The van der Waals surface area contributed by atoms with Crippen molar-refractivity contribution in [1.82, 2.24) is 24.9 Å². The van der Waals surface area contributed by atoms with Gasteiger partial charge >= 0.3 is 0 Å². The van der Waals surface area contributed by atoms with E-state index in [1.165, 1.54) is 17.1 Å². The summed E-state index contributed by atoms with van der Waals surface area (Å²) in [5, 5.41) is 11.6. The summed E-state index contributed by atoms with van der Waals surface area (Å²) in [5.74, 6) is 0.903. The van der Waals surface area contributed by atoms with E-state index in [4.69, 9.17) is 0 Å². The Bertz CT molecular complexity index is 1040. The molecule has 7 nitrogen and oxygen atoms in total. The van der Waals surface area contributed by atoms with Gasteiger partial charge in [0.05, 0.1) is 29.7 Å². The average Bonchev–Trinajstić information content (AvgIpc) is 3.51. The predicted octanol–water partition coefficient (Wildman–Crippen LogP) is 3.32. The summed E-state index contributed by atoms with van der Waals surface area (Å²) in [5.41, 5.74) is 1.09. The number of carbonyl (C=O) groups is 1. The van der Waals surface area contributed by atoms with Crippen molar-refractivity contribution in [2.24, 2.45) is 5.92 Å². The van der Waals surface area contributed by atoms with Crippen molar-refractivity contribution in [3.8, 4) is 5.69 Å². The molecule has 1 saturated heterocycles. The van der Waals surface area contributed by atoms with Crippen molar-refractivity contribution < 1.29 is 13.6 Å². The van der Waals surface area contributed by atoms with Gasteiger partial charge in [-0.15, -0.1) is 0 Å². The molecule has 0 spiro atoms. The van der Waals surface area contributed by atoms with Crippen molar-refractivity contribution >= 4 is 11.7 Å². The SMILES string of the molecule is O=C(c1ccccc1-n1nccn1)N1C[C@H]2C[C@@H](Nc3ccc(C(F)F)cn3)[C@@H]1C2. The van der Waals surface area contributed by atoms with E-state index < -0.39 is 6.43 Å². The second kappa shape index (κ2) is 7.47. The topological polar surface area (TPSA) is 75.9 Å². The van der Waals surface area contributed by atoms with Crippen LogP contribution >= 0.6 is 0 Å². The summed E-state index contributed by atoms with van der Waals surface area (Å²) in [6, 6.07) is 10.3. The monoisotopic (exact) mass is 410 g/mol. The van der Waals surface area contributed by atoms with Gasteiger partial charge in [0.15, 0.2) is 0 Å². The number of fused-ring (bicyclic) bond motifs is 2. The highest BCUT2D eigenvalue weighted by Gasteiger charge is 2.47. The lowest BCUT2D eigenvalue weighted by molar-refractivity contribution is 0.0691. The third-order valence-electron chi connectivity index (χ3n) is 5.88. The second-order valence-corrected chi connectivity index (χ2v) is 7.73. The fraction of sp³-hybridized carbons (Fsp3) is 0.333. The highest BCUT2D eigenvalue weighted by molar-refractivity contribution is 5.98. The number of aromatic nitrogens is 4. The van der Waals surface area contributed by atoms with E-state index in [1.54, 1.807) is 24.5 Å². The molecule has 0 radical (unpaired) electrons. The van der Waals surface area contributed by atoms with Gasteiger partial charge in [0, 0.05) is 24.3 Å². The van der Waals surface area contributed by atoms with Gasteiger partial charge in [-0.25, -0.2) is 13.8 Å². The third-order valence-corrected chi connectivity index (χ3v) is 5.88. The summed E-state index contributed by atoms with van der Waals surface area (Å²) in [6.07, 6.45) is 3.65. The van der Waals surface area contributed by atoms with Gasteiger partial charge in [0.1, 0.15) is 5.82 Å². The van der Waals surface area contributed by atoms with Crippen LogP contribution in [-0.2, 0) is 0 Å². The van der Waals surface area contributed by atoms with Crippen LogP contribution in [0.5, 0.6) is 0 Å². The Morgan fingerprint density at radius 1 is 1.10 bits per heavy atom. The lowest BCUT2D eigenvalue weighted by atomic mass is 10.0. The van der Waals surface area contributed by atoms with Crippen molar-refractivity contribution in [1.29, 1.82) is 0 Å². The van der Waals surface area contributed by atoms with E-state index >= 15 is 0 Å². The van der Waals surface area contributed by atoms with Crippen molar-refractivity contribution in [2.75, 3.05) is 11.9 Å². The molecule has 3 aromatic rings. The number of rotatable bonds is 5. The minimum Gasteiger partial charge on any atom is -0.365 e. The maximum absolute atomic E-state index is 13.4. The van der Waals surface area contributed by atoms with E-state index in [1.807, 2.05) is 23.1 Å². The smallest absolute Gasteiger partial charge is 0.265 e. The number of halogens is 2. The highest BCUT2D eigenvalue weighted by Crippen LogP contribution is 2.40. The molecule has 1 amide bonds. The van der Waals surface area contributed by atoms with E-state index in [0.717, 1.165) is 12.8 Å². The number of nitrogens with zero attached hydrogens (tertiary/aromatic N) is 5. The Kier molecular flexibility index (Phi) is 4.65. The van der Waals surface area contributed by atoms with Crippen molar-refractivity contribution in [2.45, 2.75) is 31.4 Å². The Morgan fingerprint density at radius 3 is 2.60 bits per heavy atom. The molecular weight excluding hydrogens is 390 g/mol. The molecule has 30 heavy (non-hydrogen) atoms. The van der Waals surface area contributed by atoms with Crippen LogP contribution in [0.4, 0.5) is 14.6 Å². The fourth-order valence-electron chi connectivity index (χ4n) is 4.55. The molecule has 3 atom stereocenters. The van der Waals surface area contributed by atoms with Crippen LogP contribution in [0.2, 0.25) is 0 Å². The quantitative estimate of drug-likeness (QED) is 0.698. The Labute approximate surface area is 171 Å². The molecule has 2 aromatic heterocycles. The Hall–Kier alpha value is -3.36. The minimum atomic E-state index is -2.54. The number of benzene rings is 1. The molecule has 9 heteroatoms. The van der Waals surface area contributed by atoms with E-state index in [-0.39, 0.29) is 23.6 Å². The summed E-state index contributed by atoms with van der Waals surface area (Å²) >= 11 is 0. The summed E-state index contributed by atoms with van der Waals surface area (Å²) in [4.78, 5) is 20.9. The van der Waals surface area contributed by atoms with Crippen LogP contribution in [-0.4, -0.2) is 49.4 Å². The first-order valence-electron chi connectivity index (χ1n) is 9.87. The molecule has 1 aliphatic carbocycles. The minimum absolute atomic E-state index is 0.0257. The number of piperidine rings is 1. The largest absolute Gasteiger partial charge is 0.365 e. The van der Waals surface area contributed by atoms with Crippen LogP contribution in [0.25, 0.3) is 5.69 Å². The van der Waals surface area contributed by atoms with Crippen molar-refractivity contribution in [3.05, 3.63) is 66.1 Å². The second-order valence-electron chi connectivity index (χ2n) is 7.73. The summed E-state index contributed by atoms with van der Waals surface area (Å²) in [6.45, 7) is 0.709. The zero-order chi connectivity index (χ0) is 20.7. The van der Waals surface area contributed by atoms with Gasteiger partial charge in [-0.05, 0) is 43.0 Å². The molecule has 2 aliphatic rings. The van der Waals surface area contributed by atoms with Gasteiger partial charge in [-0.2, -0.15) is 15.0 Å². The zero-order valence-corrected chi connectivity index (χ0v) is 16.0. The number of nitrogens with one attached hydrogen (secondary N) is 1. The molecular formula is C21H20F2N6O. The number of hydrogen-bond donors (Lipinski definition) is 1. The lowest BCUT2D eigenvalue weighted by Gasteiger charge is -2.34. The van der Waals surface area contributed by atoms with Gasteiger partial charge in [-0.1, -0.05) is 12.1 Å². The number of para-hydroxylation sites is 1. The molecule has 1 aromatic carbocycles. The first-order valence-corrected chi connectivity index (χ1v) is 9.87. The molecule has 2 fully saturated rings. The van der Waals surface area contributed by atoms with E-state index in [2.05, 4.69) is 20.5 Å². The molecule has 1 N–H and O–H groups in total. The van der Waals surface area contributed by atoms with Crippen LogP contribution < -0.4 is 5.32 Å². The number of pyridine rings is 1. The molecule has 5 rings (SSSR count). The number of alkyl halides is 2. The predicted molar refractivity (Wildman–Crippen MR) is 106 cm³/mol. The number of hydrogen-bond acceptors (Lipinski definition) is 5. The third kappa shape index (κ3) is 3.30. The van der Waals surface area contributed by atoms with E-state index in [9.17, 15) is 13.6 Å². The number of anilines is 1. The van der Waals surface area contributed by atoms with Gasteiger partial charge in [0.2, 0.25) is 0 Å². The Balaban J connectivity index is 1.35. The molecule has 0 unspecified atom stereocenters. The normalized spacial score (nSPS) is 22.6. The maximum atomic E-state index is 13.4. The molecule has 1 saturated carbocycles. The van der Waals surface area contributed by atoms with Crippen LogP contribution in [0.1, 0.15) is 35.2 Å². The first-order chi connectivity index (χ1) is 14.6. The molecule has 1 aliphatic heterocycles. The highest BCUT2D eigenvalue weighted by atomic mass is 19.3. The molecule has 2 bridgehead atoms. The van der Waals surface area contributed by atoms with Crippen molar-refractivity contribution in [3.63, 3.8) is 0 Å². The number of likely N-dealkylation sites (tertiary alicyclic amines) is 1. The number of amides is 1. The average molecular weight is 410 g/mol. The first kappa shape index (κ1) is 18.7. The summed E-state index contributed by atoms with van der Waals surface area (Å²) < 4.78 is 25.5. The van der Waals surface area contributed by atoms with E-state index in [0.29, 0.717) is 29.5 Å². The standard InChI is InChI=1S/C21H20F2N6O/c22-20(23)14-5-6-19(24-11-14)27-16-9-13-10-18(16)28(12-13)21(30)15-3-1-2-4-17(15)29-25-7-8-26-29/h1-8,11,13,16,18,20H,9-10,12H2,(H,24,27)/t13-,16+,18-/m0/s1. The summed E-state index contributed by atoms with van der Waals surface area (Å²) in [7, 11) is 0. The maximum Gasteiger partial charge on any atom is 0.265 e. The van der Waals surface area contributed by atoms with Crippen LogP contribution in [0, 0.1) is 5.92 Å². The molecule has 154 valence electrons. The number of carbonyl (C=O) groups excluding carboxylic acids is 1. The van der Waals surface area contributed by atoms with Gasteiger partial charge < -0.3 is 10.2 Å². The fourth-order valence-corrected chi connectivity index (χ4v) is 4.55. The van der Waals surface area contributed by atoms with Crippen LogP contribution in [0.3, 0.4) is 0 Å². The van der Waals surface area contributed by atoms with Crippen LogP contribution in [0.15, 0.2) is 55.0 Å². The van der Waals surface area contributed by atoms with Gasteiger partial charge in [-0.3, -0.25) is 4.79 Å².